The predicted octanol–water partition coefficient (Wildman–Crippen LogP) is -0.202. The van der Waals surface area contributed by atoms with Gasteiger partial charge in [-0.05, 0) is 12.4 Å². The van der Waals surface area contributed by atoms with Gasteiger partial charge in [-0.2, -0.15) is 0 Å². The normalized spacial score (nSPS) is 8.20. The van der Waals surface area contributed by atoms with E-state index in [9.17, 15) is 9.59 Å². The third kappa shape index (κ3) is 4.89. The minimum Gasteiger partial charge on any atom is -0.334 e. The van der Waals surface area contributed by atoms with E-state index < -0.39 is 12.0 Å². The maximum atomic E-state index is 10.4. The van der Waals surface area contributed by atoms with Crippen molar-refractivity contribution in [1.82, 2.24) is 10.8 Å². The molecule has 0 atom stereocenters. The maximum absolute atomic E-state index is 10.4. The molecule has 0 rings (SSSR count). The van der Waals surface area contributed by atoms with Gasteiger partial charge in [0.15, 0.2) is 0 Å². The van der Waals surface area contributed by atoms with Gasteiger partial charge in [0, 0.05) is 13.5 Å². The molecular weight excluding hydrogens is 136 g/mol. The molecule has 1 N–H and O–H groups in total. The van der Waals surface area contributed by atoms with Crippen LogP contribution in [0.5, 0.6) is 0 Å². The first kappa shape index (κ1) is 8.74. The van der Waals surface area contributed by atoms with Gasteiger partial charge in [-0.3, -0.25) is 0 Å². The standard InChI is InChI=1S/C5H9N2O3/c1-3-6-5(9)7-10-4(2)8/h3H2,1-2H3,(H,6,9). The summed E-state index contributed by atoms with van der Waals surface area (Å²) in [5.74, 6) is -0.605. The summed E-state index contributed by atoms with van der Waals surface area (Å²) in [4.78, 5) is 24.5. The van der Waals surface area contributed by atoms with Crippen molar-refractivity contribution in [2.45, 2.75) is 13.8 Å². The quantitative estimate of drug-likeness (QED) is 0.519. The van der Waals surface area contributed by atoms with E-state index in [-0.39, 0.29) is 0 Å². The molecule has 0 aliphatic rings. The Hall–Kier alpha value is -1.26. The third-order valence-electron chi connectivity index (χ3n) is 0.585. The second kappa shape index (κ2) is 4.60. The molecule has 0 fully saturated rings. The fourth-order valence-corrected chi connectivity index (χ4v) is 0.289. The van der Waals surface area contributed by atoms with Crippen LogP contribution in [0.25, 0.3) is 0 Å². The molecule has 0 aromatic rings. The number of hydroxylamine groups is 1. The summed E-state index contributed by atoms with van der Waals surface area (Å²) in [5, 5.41) is 2.32. The Bertz CT molecular complexity index is 135. The molecule has 0 unspecified atom stereocenters. The van der Waals surface area contributed by atoms with Gasteiger partial charge in [0.1, 0.15) is 0 Å². The van der Waals surface area contributed by atoms with Gasteiger partial charge >= 0.3 is 12.0 Å². The molecular formula is C5H9N2O3. The summed E-state index contributed by atoms with van der Waals surface area (Å²) in [6, 6.07) is -0.641. The number of urea groups is 1. The Morgan fingerprint density at radius 1 is 1.60 bits per heavy atom. The number of hydrogen-bond donors (Lipinski definition) is 1. The monoisotopic (exact) mass is 145 g/mol. The van der Waals surface area contributed by atoms with Crippen molar-refractivity contribution in [3.8, 4) is 0 Å². The molecule has 0 aromatic carbocycles. The van der Waals surface area contributed by atoms with E-state index in [1.165, 1.54) is 6.92 Å². The van der Waals surface area contributed by atoms with E-state index >= 15 is 0 Å². The first-order chi connectivity index (χ1) is 4.66. The van der Waals surface area contributed by atoms with E-state index in [1.807, 2.05) is 0 Å². The fraction of sp³-hybridized carbons (Fsp3) is 0.600. The van der Waals surface area contributed by atoms with Crippen LogP contribution in [0.4, 0.5) is 4.79 Å². The summed E-state index contributed by atoms with van der Waals surface area (Å²) < 4.78 is 0. The summed E-state index contributed by atoms with van der Waals surface area (Å²) in [5.41, 5.74) is 2.91. The maximum Gasteiger partial charge on any atom is 0.374 e. The summed E-state index contributed by atoms with van der Waals surface area (Å²) in [6.07, 6.45) is 0. The van der Waals surface area contributed by atoms with Crippen molar-refractivity contribution in [2.24, 2.45) is 0 Å². The summed E-state index contributed by atoms with van der Waals surface area (Å²) in [6.45, 7) is 3.37. The van der Waals surface area contributed by atoms with Crippen LogP contribution >= 0.6 is 0 Å². The Labute approximate surface area is 58.7 Å². The Balaban J connectivity index is 3.30. The number of carbonyl (C=O) groups excluding carboxylic acids is 2. The van der Waals surface area contributed by atoms with Crippen LogP contribution < -0.4 is 10.8 Å². The fourth-order valence-electron chi connectivity index (χ4n) is 0.289. The number of amides is 2. The second-order valence-electron chi connectivity index (χ2n) is 1.51. The topological polar surface area (TPSA) is 69.5 Å². The van der Waals surface area contributed by atoms with E-state index in [1.54, 1.807) is 6.92 Å². The molecule has 0 spiro atoms. The van der Waals surface area contributed by atoms with Gasteiger partial charge in [0.25, 0.3) is 0 Å². The van der Waals surface area contributed by atoms with Crippen molar-refractivity contribution in [1.29, 1.82) is 0 Å². The first-order valence-electron chi connectivity index (χ1n) is 2.83. The highest BCUT2D eigenvalue weighted by atomic mass is 16.7. The van der Waals surface area contributed by atoms with Crippen LogP contribution in [0.2, 0.25) is 0 Å². The SMILES string of the molecule is CCNC(=O)[N]OC(C)=O. The molecule has 0 saturated carbocycles. The lowest BCUT2D eigenvalue weighted by molar-refractivity contribution is -0.146. The zero-order valence-electron chi connectivity index (χ0n) is 5.88. The van der Waals surface area contributed by atoms with Crippen molar-refractivity contribution >= 4 is 12.0 Å². The largest absolute Gasteiger partial charge is 0.374 e. The highest BCUT2D eigenvalue weighted by Crippen LogP contribution is 1.72. The Morgan fingerprint density at radius 2 is 2.20 bits per heavy atom. The molecule has 1 radical (unpaired) electrons. The van der Waals surface area contributed by atoms with Crippen molar-refractivity contribution in [2.75, 3.05) is 6.54 Å². The van der Waals surface area contributed by atoms with Gasteiger partial charge in [0.05, 0.1) is 0 Å². The molecule has 0 aliphatic heterocycles. The number of carbonyl (C=O) groups is 2. The van der Waals surface area contributed by atoms with Crippen molar-refractivity contribution in [3.63, 3.8) is 0 Å². The van der Waals surface area contributed by atoms with E-state index in [0.717, 1.165) is 0 Å². The smallest absolute Gasteiger partial charge is 0.334 e. The van der Waals surface area contributed by atoms with Crippen LogP contribution in [0.1, 0.15) is 13.8 Å². The Morgan fingerprint density at radius 3 is 2.60 bits per heavy atom. The minimum absolute atomic E-state index is 0.462. The summed E-state index contributed by atoms with van der Waals surface area (Å²) >= 11 is 0. The molecule has 5 nitrogen and oxygen atoms in total. The zero-order chi connectivity index (χ0) is 7.98. The molecule has 0 saturated heterocycles. The lowest BCUT2D eigenvalue weighted by Gasteiger charge is -1.98. The van der Waals surface area contributed by atoms with Crippen LogP contribution in [0.3, 0.4) is 0 Å². The van der Waals surface area contributed by atoms with Gasteiger partial charge < -0.3 is 10.2 Å². The highest BCUT2D eigenvalue weighted by Gasteiger charge is 2.01. The highest BCUT2D eigenvalue weighted by molar-refractivity contribution is 5.75. The molecule has 0 heterocycles. The van der Waals surface area contributed by atoms with Crippen LogP contribution in [0.15, 0.2) is 0 Å². The number of hydrogen-bond acceptors (Lipinski definition) is 3. The second-order valence-corrected chi connectivity index (χ2v) is 1.51. The van der Waals surface area contributed by atoms with Crippen LogP contribution in [-0.4, -0.2) is 18.5 Å². The molecule has 10 heavy (non-hydrogen) atoms. The Kier molecular flexibility index (Phi) is 4.02. The van der Waals surface area contributed by atoms with E-state index in [4.69, 9.17) is 0 Å². The molecule has 5 heteroatoms. The van der Waals surface area contributed by atoms with Crippen LogP contribution in [-0.2, 0) is 9.63 Å². The van der Waals surface area contributed by atoms with E-state index in [2.05, 4.69) is 15.6 Å². The zero-order valence-corrected chi connectivity index (χ0v) is 5.88. The number of nitrogens with zero attached hydrogens (tertiary/aromatic N) is 1. The van der Waals surface area contributed by atoms with Gasteiger partial charge in [-0.15, -0.1) is 0 Å². The molecule has 0 bridgehead atoms. The third-order valence-corrected chi connectivity index (χ3v) is 0.585. The molecule has 0 aromatic heterocycles. The average molecular weight is 145 g/mol. The number of rotatable bonds is 1. The average Bonchev–Trinajstić information content (AvgIpc) is 1.85. The molecule has 2 amide bonds. The lowest BCUT2D eigenvalue weighted by Crippen LogP contribution is -2.31. The van der Waals surface area contributed by atoms with Gasteiger partial charge in [-0.1, -0.05) is 0 Å². The first-order valence-corrected chi connectivity index (χ1v) is 2.83. The lowest BCUT2D eigenvalue weighted by atomic mass is 10.7. The predicted molar refractivity (Wildman–Crippen MR) is 33.0 cm³/mol. The van der Waals surface area contributed by atoms with Crippen LogP contribution in [0, 0.1) is 0 Å². The molecule has 0 aliphatic carbocycles. The van der Waals surface area contributed by atoms with Crippen molar-refractivity contribution < 1.29 is 14.4 Å². The van der Waals surface area contributed by atoms with E-state index in [0.29, 0.717) is 6.54 Å². The number of nitrogens with one attached hydrogen (secondary N) is 1. The molecule has 57 valence electrons. The van der Waals surface area contributed by atoms with Crippen molar-refractivity contribution in [3.05, 3.63) is 0 Å². The van der Waals surface area contributed by atoms with Gasteiger partial charge in [0.2, 0.25) is 0 Å². The summed E-state index contributed by atoms with van der Waals surface area (Å²) in [7, 11) is 0. The van der Waals surface area contributed by atoms with Gasteiger partial charge in [-0.25, -0.2) is 9.59 Å². The minimum atomic E-state index is -0.641.